The van der Waals surface area contributed by atoms with Crippen molar-refractivity contribution in [1.82, 2.24) is 19.9 Å². The van der Waals surface area contributed by atoms with Crippen LogP contribution >= 0.6 is 0 Å². The second-order valence-corrected chi connectivity index (χ2v) is 7.84. The van der Waals surface area contributed by atoms with Gasteiger partial charge in [0.1, 0.15) is 6.33 Å². The molecule has 1 N–H and O–H groups in total. The summed E-state index contributed by atoms with van der Waals surface area (Å²) < 4.78 is 72.5. The number of aromatic nitrogens is 4. The van der Waals surface area contributed by atoms with Crippen LogP contribution in [0.4, 0.5) is 19.0 Å². The Bertz CT molecular complexity index is 1090. The van der Waals surface area contributed by atoms with Crippen LogP contribution in [0.15, 0.2) is 43.0 Å². The number of fused-ring (bicyclic) bond motifs is 1. The summed E-state index contributed by atoms with van der Waals surface area (Å²) in [5, 5.41) is 0. The van der Waals surface area contributed by atoms with Crippen molar-refractivity contribution in [2.24, 2.45) is 0 Å². The molecule has 0 bridgehead atoms. The maximum Gasteiger partial charge on any atom is 0.429 e. The molecule has 154 valence electrons. The molecule has 1 aromatic carbocycles. The van der Waals surface area contributed by atoms with E-state index in [1.54, 1.807) is 25.1 Å². The zero-order chi connectivity index (χ0) is 21.1. The first-order chi connectivity index (χ1) is 13.7. The number of ether oxygens (including phenoxy) is 1. The number of para-hydroxylation sites is 2. The van der Waals surface area contributed by atoms with Gasteiger partial charge in [-0.15, -0.1) is 0 Å². The molecule has 0 saturated heterocycles. The summed E-state index contributed by atoms with van der Waals surface area (Å²) in [5.74, 6) is -1.27. The summed E-state index contributed by atoms with van der Waals surface area (Å²) in [6.07, 6.45) is -4.00. The quantitative estimate of drug-likeness (QED) is 0.617. The lowest BCUT2D eigenvalue weighted by atomic mass is 10.2. The van der Waals surface area contributed by atoms with Crippen LogP contribution in [0.5, 0.6) is 5.88 Å². The number of rotatable bonds is 7. The van der Waals surface area contributed by atoms with Crippen molar-refractivity contribution in [3.8, 4) is 5.88 Å². The SMILES string of the molecule is CCCS(=O)(=O)Nc1nc2ccccc2nc1OC(c1cncnc1)C(F)(F)F. The normalized spacial score (nSPS) is 13.2. The molecule has 0 aliphatic heterocycles. The first-order valence-corrected chi connectivity index (χ1v) is 10.1. The minimum atomic E-state index is -4.84. The van der Waals surface area contributed by atoms with E-state index in [0.717, 1.165) is 18.7 Å². The first-order valence-electron chi connectivity index (χ1n) is 8.45. The molecule has 29 heavy (non-hydrogen) atoms. The first kappa shape index (κ1) is 20.7. The van der Waals surface area contributed by atoms with E-state index >= 15 is 0 Å². The van der Waals surface area contributed by atoms with Crippen LogP contribution in [0.1, 0.15) is 25.0 Å². The van der Waals surface area contributed by atoms with Crippen molar-refractivity contribution < 1.29 is 26.3 Å². The average molecular weight is 427 g/mol. The highest BCUT2D eigenvalue weighted by atomic mass is 32.2. The lowest BCUT2D eigenvalue weighted by molar-refractivity contribution is -0.198. The minimum absolute atomic E-state index is 0.240. The van der Waals surface area contributed by atoms with E-state index in [1.165, 1.54) is 6.07 Å². The van der Waals surface area contributed by atoms with Gasteiger partial charge in [-0.3, -0.25) is 4.72 Å². The minimum Gasteiger partial charge on any atom is -0.457 e. The summed E-state index contributed by atoms with van der Waals surface area (Å²) in [6, 6.07) is 6.33. The maximum atomic E-state index is 13.6. The van der Waals surface area contributed by atoms with Crippen LogP contribution in [-0.2, 0) is 10.0 Å². The Balaban J connectivity index is 2.09. The van der Waals surface area contributed by atoms with E-state index in [1.807, 2.05) is 0 Å². The number of nitrogens with one attached hydrogen (secondary N) is 1. The van der Waals surface area contributed by atoms with Gasteiger partial charge in [-0.05, 0) is 18.6 Å². The molecule has 0 aliphatic rings. The summed E-state index contributed by atoms with van der Waals surface area (Å²) >= 11 is 0. The molecule has 0 radical (unpaired) electrons. The topological polar surface area (TPSA) is 107 Å². The summed E-state index contributed by atoms with van der Waals surface area (Å²) in [6.45, 7) is 1.65. The van der Waals surface area contributed by atoms with Crippen LogP contribution in [0, 0.1) is 0 Å². The Hall–Kier alpha value is -3.02. The van der Waals surface area contributed by atoms with E-state index in [9.17, 15) is 21.6 Å². The van der Waals surface area contributed by atoms with Crippen molar-refractivity contribution in [3.63, 3.8) is 0 Å². The maximum absolute atomic E-state index is 13.6. The lowest BCUT2D eigenvalue weighted by Crippen LogP contribution is -2.27. The number of anilines is 1. The monoisotopic (exact) mass is 427 g/mol. The third-order valence-corrected chi connectivity index (χ3v) is 5.12. The molecule has 3 aromatic rings. The van der Waals surface area contributed by atoms with Crippen LogP contribution in [0.3, 0.4) is 0 Å². The van der Waals surface area contributed by atoms with E-state index < -0.39 is 34.0 Å². The largest absolute Gasteiger partial charge is 0.457 e. The Morgan fingerprint density at radius 1 is 1.10 bits per heavy atom. The molecule has 0 fully saturated rings. The molecule has 0 aliphatic carbocycles. The summed E-state index contributed by atoms with van der Waals surface area (Å²) in [5.41, 5.74) is 0.171. The van der Waals surface area contributed by atoms with Crippen LogP contribution in [-0.4, -0.2) is 40.3 Å². The van der Waals surface area contributed by atoms with Gasteiger partial charge in [-0.25, -0.2) is 28.4 Å². The number of sulfonamides is 1. The van der Waals surface area contributed by atoms with Crippen LogP contribution in [0.2, 0.25) is 0 Å². The summed E-state index contributed by atoms with van der Waals surface area (Å²) in [7, 11) is -3.85. The third kappa shape index (κ3) is 5.08. The second-order valence-electron chi connectivity index (χ2n) is 6.00. The zero-order valence-corrected chi connectivity index (χ0v) is 15.9. The molecule has 0 spiro atoms. The molecule has 2 heterocycles. The Labute approximate surface area is 164 Å². The van der Waals surface area contributed by atoms with Crippen LogP contribution in [0.25, 0.3) is 11.0 Å². The molecule has 1 atom stereocenters. The second kappa shape index (κ2) is 8.15. The molecule has 2 aromatic heterocycles. The Kier molecular flexibility index (Phi) is 5.82. The number of benzene rings is 1. The zero-order valence-electron chi connectivity index (χ0n) is 15.1. The molecular weight excluding hydrogens is 411 g/mol. The van der Waals surface area contributed by atoms with Crippen molar-refractivity contribution in [2.45, 2.75) is 25.6 Å². The van der Waals surface area contributed by atoms with Gasteiger partial charge in [0.2, 0.25) is 21.9 Å². The number of nitrogens with zero attached hydrogens (tertiary/aromatic N) is 4. The van der Waals surface area contributed by atoms with Gasteiger partial charge in [0.25, 0.3) is 5.88 Å². The fraction of sp³-hybridized carbons (Fsp3) is 0.294. The van der Waals surface area contributed by atoms with Gasteiger partial charge in [0, 0.05) is 18.0 Å². The number of hydrogen-bond donors (Lipinski definition) is 1. The van der Waals surface area contributed by atoms with Gasteiger partial charge < -0.3 is 4.74 Å². The van der Waals surface area contributed by atoms with Crippen molar-refractivity contribution >= 4 is 26.9 Å². The van der Waals surface area contributed by atoms with Crippen molar-refractivity contribution in [2.75, 3.05) is 10.5 Å². The van der Waals surface area contributed by atoms with Gasteiger partial charge in [-0.2, -0.15) is 13.2 Å². The number of alkyl halides is 3. The molecular formula is C17H16F3N5O3S. The van der Waals surface area contributed by atoms with E-state index in [4.69, 9.17) is 4.74 Å². The van der Waals surface area contributed by atoms with E-state index in [2.05, 4.69) is 24.7 Å². The number of halogens is 3. The van der Waals surface area contributed by atoms with Gasteiger partial charge in [-0.1, -0.05) is 19.1 Å². The van der Waals surface area contributed by atoms with Crippen molar-refractivity contribution in [1.29, 1.82) is 0 Å². The van der Waals surface area contributed by atoms with E-state index in [-0.39, 0.29) is 16.8 Å². The summed E-state index contributed by atoms with van der Waals surface area (Å²) in [4.78, 5) is 15.3. The molecule has 8 nitrogen and oxygen atoms in total. The average Bonchev–Trinajstić information content (AvgIpc) is 2.65. The predicted octanol–water partition coefficient (Wildman–Crippen LogP) is 3.25. The van der Waals surface area contributed by atoms with Gasteiger partial charge in [0.05, 0.1) is 16.8 Å². The Morgan fingerprint density at radius 3 is 2.31 bits per heavy atom. The Morgan fingerprint density at radius 2 is 1.72 bits per heavy atom. The molecule has 1 unspecified atom stereocenters. The molecule has 0 amide bonds. The predicted molar refractivity (Wildman–Crippen MR) is 98.7 cm³/mol. The number of hydrogen-bond acceptors (Lipinski definition) is 7. The molecule has 0 saturated carbocycles. The smallest absolute Gasteiger partial charge is 0.429 e. The van der Waals surface area contributed by atoms with Crippen molar-refractivity contribution in [3.05, 3.63) is 48.5 Å². The van der Waals surface area contributed by atoms with Crippen LogP contribution < -0.4 is 9.46 Å². The standard InChI is InChI=1S/C17H16F3N5O3S/c1-2-7-29(26,27)25-15-16(24-13-6-4-3-5-12(13)23-15)28-14(17(18,19)20)11-8-21-10-22-9-11/h3-6,8-10,14H,2,7H2,1H3,(H,23,25). The highest BCUT2D eigenvalue weighted by Gasteiger charge is 2.44. The fourth-order valence-corrected chi connectivity index (χ4v) is 3.55. The van der Waals surface area contributed by atoms with Gasteiger partial charge in [0.15, 0.2) is 0 Å². The molecule has 3 rings (SSSR count). The fourth-order valence-electron chi connectivity index (χ4n) is 2.48. The highest BCUT2D eigenvalue weighted by Crippen LogP contribution is 2.38. The third-order valence-electron chi connectivity index (χ3n) is 3.67. The highest BCUT2D eigenvalue weighted by molar-refractivity contribution is 7.92. The lowest BCUT2D eigenvalue weighted by Gasteiger charge is -2.22. The van der Waals surface area contributed by atoms with E-state index in [0.29, 0.717) is 11.9 Å². The van der Waals surface area contributed by atoms with Gasteiger partial charge >= 0.3 is 6.18 Å². The molecule has 12 heteroatoms.